The summed E-state index contributed by atoms with van der Waals surface area (Å²) in [6.45, 7) is 4.62. The van der Waals surface area contributed by atoms with Gasteiger partial charge in [0.15, 0.2) is 23.0 Å². The van der Waals surface area contributed by atoms with Crippen molar-refractivity contribution in [3.05, 3.63) is 70.1 Å². The number of phenols is 1. The maximum Gasteiger partial charge on any atom is 0.312 e. The van der Waals surface area contributed by atoms with Gasteiger partial charge >= 0.3 is 5.97 Å². The summed E-state index contributed by atoms with van der Waals surface area (Å²) in [5, 5.41) is 10.9. The number of ether oxygens (including phenoxy) is 5. The summed E-state index contributed by atoms with van der Waals surface area (Å²) >= 11 is 0. The van der Waals surface area contributed by atoms with Gasteiger partial charge in [0, 0.05) is 17.5 Å². The van der Waals surface area contributed by atoms with Gasteiger partial charge in [-0.2, -0.15) is 0 Å². The van der Waals surface area contributed by atoms with Gasteiger partial charge in [0.2, 0.25) is 5.43 Å². The Kier molecular flexibility index (Phi) is 7.30. The molecule has 208 valence electrons. The van der Waals surface area contributed by atoms with Crippen molar-refractivity contribution in [3.63, 3.8) is 0 Å². The highest BCUT2D eigenvalue weighted by Crippen LogP contribution is 2.47. The lowest BCUT2D eigenvalue weighted by atomic mass is 9.84. The monoisotopic (exact) mass is 546 g/mol. The number of aromatic hydroxyl groups is 1. The van der Waals surface area contributed by atoms with E-state index in [4.69, 9.17) is 28.1 Å². The smallest absolute Gasteiger partial charge is 0.312 e. The van der Waals surface area contributed by atoms with Crippen molar-refractivity contribution < 1.29 is 38.0 Å². The minimum absolute atomic E-state index is 0.00334. The van der Waals surface area contributed by atoms with Gasteiger partial charge in [0.25, 0.3) is 0 Å². The van der Waals surface area contributed by atoms with E-state index in [1.54, 1.807) is 37.4 Å². The number of fused-ring (bicyclic) bond motifs is 3. The number of carbonyl (C=O) groups excluding carboxylic acids is 1. The van der Waals surface area contributed by atoms with Crippen molar-refractivity contribution in [3.8, 4) is 45.6 Å². The van der Waals surface area contributed by atoms with Gasteiger partial charge in [-0.05, 0) is 41.3 Å². The average molecular weight is 547 g/mol. The number of rotatable bonds is 8. The zero-order valence-corrected chi connectivity index (χ0v) is 22.9. The van der Waals surface area contributed by atoms with Gasteiger partial charge in [-0.1, -0.05) is 26.0 Å². The zero-order chi connectivity index (χ0) is 28.6. The number of methoxy groups -OCH3 is 3. The van der Waals surface area contributed by atoms with Crippen molar-refractivity contribution >= 4 is 16.9 Å². The molecule has 1 atom stereocenters. The summed E-state index contributed by atoms with van der Waals surface area (Å²) < 4.78 is 33.7. The topological polar surface area (TPSA) is 114 Å². The normalized spacial score (nSPS) is 14.6. The molecule has 9 nitrogen and oxygen atoms in total. The van der Waals surface area contributed by atoms with Crippen LogP contribution < -0.4 is 29.1 Å². The van der Waals surface area contributed by atoms with E-state index in [0.717, 1.165) is 5.56 Å². The second kappa shape index (κ2) is 10.8. The van der Waals surface area contributed by atoms with Gasteiger partial charge in [-0.15, -0.1) is 0 Å². The highest BCUT2D eigenvalue weighted by molar-refractivity contribution is 5.94. The fourth-order valence-electron chi connectivity index (χ4n) is 4.90. The van der Waals surface area contributed by atoms with Crippen LogP contribution in [0.2, 0.25) is 0 Å². The molecule has 4 aromatic rings. The molecule has 0 amide bonds. The highest BCUT2D eigenvalue weighted by Gasteiger charge is 2.34. The number of esters is 1. The molecule has 0 saturated heterocycles. The van der Waals surface area contributed by atoms with Crippen molar-refractivity contribution in [1.29, 1.82) is 0 Å². The number of phenolic OH excluding ortho intramolecular Hbond substituents is 1. The molecule has 0 saturated carbocycles. The molecule has 9 heteroatoms. The Bertz CT molecular complexity index is 1650. The van der Waals surface area contributed by atoms with Gasteiger partial charge in [0.1, 0.15) is 28.7 Å². The first-order chi connectivity index (χ1) is 19.2. The third-order valence-corrected chi connectivity index (χ3v) is 6.83. The lowest BCUT2D eigenvalue weighted by molar-refractivity contribution is -0.135. The van der Waals surface area contributed by atoms with Crippen molar-refractivity contribution in [2.24, 2.45) is 5.92 Å². The van der Waals surface area contributed by atoms with Gasteiger partial charge in [0.05, 0.1) is 39.9 Å². The Morgan fingerprint density at radius 2 is 1.62 bits per heavy atom. The third-order valence-electron chi connectivity index (χ3n) is 6.83. The van der Waals surface area contributed by atoms with Gasteiger partial charge in [-0.25, -0.2) is 0 Å². The standard InChI is InChI=1S/C31H30O9/c1-16(2)14-38-23-9-7-17(10-25(23)37-5)19-12-27(33)40-26-13-21(32)29-30(34)20(15-39-31(29)28(19)26)18-6-8-22(35-3)24(11-18)36-4/h6-11,13,15-16,19,32H,12,14H2,1-5H3/t19-/m1/s1. The second-order valence-electron chi connectivity index (χ2n) is 9.91. The quantitative estimate of drug-likeness (QED) is 0.221. The predicted octanol–water partition coefficient (Wildman–Crippen LogP) is 5.67. The van der Waals surface area contributed by atoms with Crippen LogP contribution in [-0.4, -0.2) is 39.0 Å². The number of benzene rings is 3. The molecular formula is C31H30O9. The van der Waals surface area contributed by atoms with Crippen LogP contribution in [-0.2, 0) is 4.79 Å². The fourth-order valence-corrected chi connectivity index (χ4v) is 4.90. The minimum atomic E-state index is -0.525. The summed E-state index contributed by atoms with van der Waals surface area (Å²) in [5.41, 5.74) is 1.67. The molecule has 40 heavy (non-hydrogen) atoms. The van der Waals surface area contributed by atoms with Crippen molar-refractivity contribution in [2.75, 3.05) is 27.9 Å². The van der Waals surface area contributed by atoms with Crippen LogP contribution in [0, 0.1) is 5.92 Å². The zero-order valence-electron chi connectivity index (χ0n) is 22.9. The first kappa shape index (κ1) is 26.9. The summed E-state index contributed by atoms with van der Waals surface area (Å²) in [4.78, 5) is 26.3. The van der Waals surface area contributed by atoms with Crippen LogP contribution in [0.5, 0.6) is 34.5 Å². The molecule has 1 aliphatic heterocycles. The fraction of sp³-hybridized carbons (Fsp3) is 0.290. The lowest BCUT2D eigenvalue weighted by Gasteiger charge is -2.26. The molecule has 0 aliphatic carbocycles. The van der Waals surface area contributed by atoms with E-state index in [1.807, 2.05) is 6.07 Å². The molecule has 0 unspecified atom stereocenters. The Balaban J connectivity index is 1.66. The molecular weight excluding hydrogens is 516 g/mol. The van der Waals surface area contributed by atoms with Crippen LogP contribution in [0.4, 0.5) is 0 Å². The third kappa shape index (κ3) is 4.79. The summed E-state index contributed by atoms with van der Waals surface area (Å²) in [6, 6.07) is 11.8. The summed E-state index contributed by atoms with van der Waals surface area (Å²) in [7, 11) is 4.57. The molecule has 1 N–H and O–H groups in total. The van der Waals surface area contributed by atoms with Crippen LogP contribution in [0.3, 0.4) is 0 Å². The Labute approximate surface area is 230 Å². The van der Waals surface area contributed by atoms with Gasteiger partial charge in [-0.3, -0.25) is 9.59 Å². The maximum absolute atomic E-state index is 13.7. The average Bonchev–Trinajstić information content (AvgIpc) is 2.94. The van der Waals surface area contributed by atoms with Crippen molar-refractivity contribution in [1.82, 2.24) is 0 Å². The Morgan fingerprint density at radius 3 is 2.33 bits per heavy atom. The van der Waals surface area contributed by atoms with E-state index < -0.39 is 17.3 Å². The Hall–Kier alpha value is -4.66. The molecule has 0 bridgehead atoms. The van der Waals surface area contributed by atoms with Crippen molar-refractivity contribution in [2.45, 2.75) is 26.2 Å². The molecule has 0 radical (unpaired) electrons. The predicted molar refractivity (Wildman–Crippen MR) is 148 cm³/mol. The minimum Gasteiger partial charge on any atom is -0.507 e. The van der Waals surface area contributed by atoms with Crippen LogP contribution >= 0.6 is 0 Å². The molecule has 1 aliphatic rings. The largest absolute Gasteiger partial charge is 0.507 e. The number of hydrogen-bond donors (Lipinski definition) is 1. The molecule has 0 spiro atoms. The van der Waals surface area contributed by atoms with E-state index in [0.29, 0.717) is 46.6 Å². The number of hydrogen-bond acceptors (Lipinski definition) is 9. The first-order valence-electron chi connectivity index (χ1n) is 12.8. The maximum atomic E-state index is 13.7. The first-order valence-corrected chi connectivity index (χ1v) is 12.8. The SMILES string of the molecule is COc1ccc(-c2coc3c4c(cc(O)c3c2=O)OC(=O)C[C@@H]4c2ccc(OCC(C)C)c(OC)c2)cc1OC. The van der Waals surface area contributed by atoms with Crippen LogP contribution in [0.15, 0.2) is 57.9 Å². The molecule has 3 aromatic carbocycles. The lowest BCUT2D eigenvalue weighted by Crippen LogP contribution is -2.22. The summed E-state index contributed by atoms with van der Waals surface area (Å²) in [5.74, 6) is 1.15. The van der Waals surface area contributed by atoms with E-state index in [1.165, 1.54) is 26.5 Å². The van der Waals surface area contributed by atoms with E-state index in [2.05, 4.69) is 13.8 Å². The second-order valence-corrected chi connectivity index (χ2v) is 9.91. The van der Waals surface area contributed by atoms with Crippen LogP contribution in [0.25, 0.3) is 22.1 Å². The Morgan fingerprint density at radius 1 is 0.925 bits per heavy atom. The summed E-state index contributed by atoms with van der Waals surface area (Å²) in [6.07, 6.45) is 1.34. The number of carbonyl (C=O) groups is 1. The van der Waals surface area contributed by atoms with Gasteiger partial charge < -0.3 is 33.2 Å². The van der Waals surface area contributed by atoms with E-state index in [-0.39, 0.29) is 34.5 Å². The highest BCUT2D eigenvalue weighted by atomic mass is 16.5. The molecule has 2 heterocycles. The molecule has 0 fully saturated rings. The van der Waals surface area contributed by atoms with E-state index in [9.17, 15) is 14.7 Å². The van der Waals surface area contributed by atoms with E-state index >= 15 is 0 Å². The van der Waals surface area contributed by atoms with Crippen LogP contribution in [0.1, 0.15) is 37.3 Å². The molecule has 1 aromatic heterocycles. The molecule has 5 rings (SSSR count).